The Labute approximate surface area is 590 Å². The number of para-hydroxylation sites is 12. The van der Waals surface area contributed by atoms with Crippen LogP contribution >= 0.6 is 15.9 Å². The molecule has 0 radical (unpaired) electrons. The zero-order valence-corrected chi connectivity index (χ0v) is 56.1. The number of aromatic nitrogens is 10. The Hall–Kier alpha value is -13.0. The molecule has 12 nitrogen and oxygen atoms in total. The second-order valence-corrected chi connectivity index (χ2v) is 26.6. The number of imidazole rings is 2. The molecule has 0 unspecified atom stereocenters. The first-order valence-corrected chi connectivity index (χ1v) is 34.7. The summed E-state index contributed by atoms with van der Waals surface area (Å²) in [4.78, 5) is 20.6. The van der Waals surface area contributed by atoms with Crippen molar-refractivity contribution in [3.8, 4) is 34.4 Å². The van der Waals surface area contributed by atoms with Crippen LogP contribution in [0, 0.1) is 0 Å². The van der Waals surface area contributed by atoms with Crippen molar-refractivity contribution in [2.75, 3.05) is 0 Å². The highest BCUT2D eigenvalue weighted by atomic mass is 79.9. The Bertz CT molecular complexity index is 7040. The molecule has 102 heavy (non-hydrogen) atoms. The van der Waals surface area contributed by atoms with Crippen LogP contribution in [-0.4, -0.2) is 64.2 Å². The maximum absolute atomic E-state index is 9.24. The van der Waals surface area contributed by atoms with Gasteiger partial charge in [-0.1, -0.05) is 204 Å². The predicted octanol–water partition coefficient (Wildman–Crippen LogP) is 20.3. The van der Waals surface area contributed by atoms with Crippen LogP contribution in [0.1, 0.15) is 0 Å². The van der Waals surface area contributed by atoms with Gasteiger partial charge in [-0.3, -0.25) is 17.9 Å². The standard InChI is InChI=1S/C44H27N5.C26H15BrN4.C18H14BNO2/c1-5-15-36-34(14-1)43-45-37-16-6-10-20-42(37)49(43)44(46-36)48-40-19-9-4-13-33(40)35-27-29(23-26-41(35)48)28-21-24-30(25-22-28)47-38-17-7-2-11-31(38)32-12-3-8-18-39(32)47;27-16-13-14-23-19(15-16)17-7-2-5-11-22(17)30(23)26-29-20-9-3-1-8-18(20)25-28-21-10-4-6-12-24(21)31(25)26;21-19(22)13-9-11-14(12-10-13)20-17-7-3-1-5-15(17)16-6-2-4-8-18(16)20/h1-27H;1-15H;1-12,21-22H. The number of fused-ring (bicyclic) bond motifs is 22. The molecule has 0 saturated heterocycles. The molecule has 22 aromatic rings. The maximum Gasteiger partial charge on any atom is 0.488 e. The van der Waals surface area contributed by atoms with E-state index in [0.717, 1.165) is 116 Å². The summed E-state index contributed by atoms with van der Waals surface area (Å²) in [5.74, 6) is 1.67. The number of hydrogen-bond acceptors (Lipinski definition) is 6. The van der Waals surface area contributed by atoms with E-state index in [1.165, 1.54) is 65.3 Å². The average molecular weight is 1380 g/mol. The topological polar surface area (TPSA) is 121 Å². The van der Waals surface area contributed by atoms with Gasteiger partial charge in [-0.25, -0.2) is 19.9 Å². The van der Waals surface area contributed by atoms with Crippen molar-refractivity contribution < 1.29 is 10.0 Å². The van der Waals surface area contributed by atoms with Crippen LogP contribution in [0.15, 0.2) is 332 Å². The van der Waals surface area contributed by atoms with Crippen LogP contribution in [-0.2, 0) is 0 Å². The lowest BCUT2D eigenvalue weighted by Gasteiger charge is -2.12. The summed E-state index contributed by atoms with van der Waals surface area (Å²) < 4.78 is 14.6. The zero-order chi connectivity index (χ0) is 67.7. The van der Waals surface area contributed by atoms with Crippen LogP contribution in [0.3, 0.4) is 0 Å². The highest BCUT2D eigenvalue weighted by Crippen LogP contribution is 2.40. The minimum atomic E-state index is -1.44. The molecule has 0 amide bonds. The lowest BCUT2D eigenvalue weighted by Crippen LogP contribution is -2.29. The highest BCUT2D eigenvalue weighted by molar-refractivity contribution is 9.10. The average Bonchev–Trinajstić information content (AvgIpc) is 1.56. The molecule has 0 bridgehead atoms. The number of benzene rings is 14. The SMILES string of the molecule is Brc1ccc2c(c1)c1ccccc1n2-c1nc2ccccc2c2nc3ccccc3n12.OB(O)c1ccc(-n2c3ccccc3c3ccccc32)cc1.c1ccc2c(c1)nc(-n1c3ccccc3c3cc(-c4ccc(-n5c6ccccc6c6ccccc65)cc4)ccc31)n1c3ccccc3nc21. The van der Waals surface area contributed by atoms with Gasteiger partial charge in [0, 0.05) is 69.7 Å². The largest absolute Gasteiger partial charge is 0.488 e. The van der Waals surface area contributed by atoms with Crippen molar-refractivity contribution in [3.63, 3.8) is 0 Å². The van der Waals surface area contributed by atoms with Gasteiger partial charge in [-0.05, 0) is 156 Å². The Morgan fingerprint density at radius 3 is 0.961 bits per heavy atom. The van der Waals surface area contributed by atoms with Crippen molar-refractivity contribution in [2.24, 2.45) is 0 Å². The molecule has 0 aliphatic rings. The quantitative estimate of drug-likeness (QED) is 0.160. The normalized spacial score (nSPS) is 11.9. The fourth-order valence-corrected chi connectivity index (χ4v) is 15.8. The second kappa shape index (κ2) is 23.6. The summed E-state index contributed by atoms with van der Waals surface area (Å²) in [5, 5.41) is 30.3. The van der Waals surface area contributed by atoms with E-state index in [2.05, 4.69) is 292 Å². The molecule has 14 heteroatoms. The van der Waals surface area contributed by atoms with E-state index >= 15 is 0 Å². The molecule has 0 aliphatic heterocycles. The molecule has 0 fully saturated rings. The van der Waals surface area contributed by atoms with Gasteiger partial charge < -0.3 is 19.2 Å². The molecule has 22 rings (SSSR count). The van der Waals surface area contributed by atoms with E-state index in [1.807, 2.05) is 66.7 Å². The Kier molecular flexibility index (Phi) is 13.7. The molecule has 0 atom stereocenters. The molecular formula is C88H56BBrN10O2. The van der Waals surface area contributed by atoms with Gasteiger partial charge in [-0.15, -0.1) is 0 Å². The van der Waals surface area contributed by atoms with E-state index < -0.39 is 7.12 Å². The van der Waals surface area contributed by atoms with E-state index in [0.29, 0.717) is 5.46 Å². The van der Waals surface area contributed by atoms with Gasteiger partial charge in [0.1, 0.15) is 11.3 Å². The monoisotopic (exact) mass is 1370 g/mol. The fraction of sp³-hybridized carbons (Fsp3) is 0. The first kappa shape index (κ1) is 59.1. The van der Waals surface area contributed by atoms with Crippen LogP contribution in [0.25, 0.3) is 177 Å². The molecule has 0 aliphatic carbocycles. The van der Waals surface area contributed by atoms with Gasteiger partial charge in [0.2, 0.25) is 11.9 Å². The van der Waals surface area contributed by atoms with E-state index in [4.69, 9.17) is 19.9 Å². The highest BCUT2D eigenvalue weighted by Gasteiger charge is 2.24. The van der Waals surface area contributed by atoms with Crippen molar-refractivity contribution >= 4 is 171 Å². The van der Waals surface area contributed by atoms with Gasteiger partial charge in [-0.2, -0.15) is 0 Å². The number of rotatable bonds is 6. The summed E-state index contributed by atoms with van der Waals surface area (Å²) in [5.41, 5.74) is 21.9. The van der Waals surface area contributed by atoms with Crippen molar-refractivity contribution in [2.45, 2.75) is 0 Å². The van der Waals surface area contributed by atoms with Gasteiger partial charge in [0.05, 0.1) is 77.2 Å². The Balaban J connectivity index is 0.000000112. The van der Waals surface area contributed by atoms with Crippen LogP contribution in [0.2, 0.25) is 0 Å². The number of hydrogen-bond donors (Lipinski definition) is 2. The predicted molar refractivity (Wildman–Crippen MR) is 423 cm³/mol. The summed E-state index contributed by atoms with van der Waals surface area (Å²) in [6, 6.07) is 114. The third-order valence-electron chi connectivity index (χ3n) is 20.0. The van der Waals surface area contributed by atoms with Crippen LogP contribution < -0.4 is 5.46 Å². The number of nitrogens with zero attached hydrogens (tertiary/aromatic N) is 10. The summed E-state index contributed by atoms with van der Waals surface area (Å²) in [6.45, 7) is 0. The van der Waals surface area contributed by atoms with Gasteiger partial charge >= 0.3 is 7.12 Å². The summed E-state index contributed by atoms with van der Waals surface area (Å²) in [6.07, 6.45) is 0. The number of halogens is 1. The van der Waals surface area contributed by atoms with E-state index in [-0.39, 0.29) is 0 Å². The molecule has 2 N–H and O–H groups in total. The first-order valence-electron chi connectivity index (χ1n) is 34.0. The fourth-order valence-electron chi connectivity index (χ4n) is 15.5. The van der Waals surface area contributed by atoms with E-state index in [1.54, 1.807) is 12.1 Å². The third kappa shape index (κ3) is 9.31. The molecule has 0 saturated carbocycles. The molecule has 8 aromatic heterocycles. The van der Waals surface area contributed by atoms with Gasteiger partial charge in [0.15, 0.2) is 0 Å². The lowest BCUT2D eigenvalue weighted by atomic mass is 9.80. The first-order chi connectivity index (χ1) is 50.4. The minimum Gasteiger partial charge on any atom is -0.423 e. The second-order valence-electron chi connectivity index (χ2n) is 25.7. The van der Waals surface area contributed by atoms with E-state index in [9.17, 15) is 10.0 Å². The van der Waals surface area contributed by atoms with Crippen molar-refractivity contribution in [3.05, 3.63) is 332 Å². The smallest absolute Gasteiger partial charge is 0.423 e. The molecule has 14 aromatic carbocycles. The molecule has 8 heterocycles. The molecule has 480 valence electrons. The van der Waals surface area contributed by atoms with Crippen LogP contribution in [0.4, 0.5) is 0 Å². The third-order valence-corrected chi connectivity index (χ3v) is 20.5. The van der Waals surface area contributed by atoms with Gasteiger partial charge in [0.25, 0.3) is 0 Å². The van der Waals surface area contributed by atoms with Crippen molar-refractivity contribution in [1.29, 1.82) is 0 Å². The Morgan fingerprint density at radius 1 is 0.245 bits per heavy atom. The zero-order valence-electron chi connectivity index (χ0n) is 54.5. The lowest BCUT2D eigenvalue weighted by molar-refractivity contribution is 0.426. The maximum atomic E-state index is 9.24. The summed E-state index contributed by atoms with van der Waals surface area (Å²) in [7, 11) is -1.44. The van der Waals surface area contributed by atoms with Crippen molar-refractivity contribution in [1.82, 2.24) is 47.0 Å². The van der Waals surface area contributed by atoms with Crippen LogP contribution in [0.5, 0.6) is 0 Å². The minimum absolute atomic E-state index is 0.490. The Morgan fingerprint density at radius 2 is 0.549 bits per heavy atom. The summed E-state index contributed by atoms with van der Waals surface area (Å²) >= 11 is 3.64. The molecule has 0 spiro atoms. The molecular weight excluding hydrogens is 1320 g/mol.